The van der Waals surface area contributed by atoms with Crippen molar-refractivity contribution < 1.29 is 14.6 Å². The van der Waals surface area contributed by atoms with E-state index in [0.29, 0.717) is 55.6 Å². The van der Waals surface area contributed by atoms with E-state index in [1.807, 2.05) is 32.0 Å². The van der Waals surface area contributed by atoms with E-state index in [-0.39, 0.29) is 35.2 Å². The normalized spacial score (nSPS) is 13.4. The number of anilines is 1. The van der Waals surface area contributed by atoms with Gasteiger partial charge in [0.15, 0.2) is 0 Å². The van der Waals surface area contributed by atoms with Gasteiger partial charge in [0, 0.05) is 45.9 Å². The van der Waals surface area contributed by atoms with Gasteiger partial charge in [0.25, 0.3) is 5.56 Å². The van der Waals surface area contributed by atoms with Gasteiger partial charge in [-0.15, -0.1) is 11.3 Å². The van der Waals surface area contributed by atoms with Crippen molar-refractivity contribution >= 4 is 55.8 Å². The van der Waals surface area contributed by atoms with Crippen LogP contribution in [0.15, 0.2) is 35.3 Å². The van der Waals surface area contributed by atoms with Crippen LogP contribution in [0.3, 0.4) is 0 Å². The van der Waals surface area contributed by atoms with Crippen molar-refractivity contribution in [2.45, 2.75) is 33.4 Å². The van der Waals surface area contributed by atoms with Crippen LogP contribution in [0, 0.1) is 32.1 Å². The number of benzene rings is 1. The number of aromatic nitrogens is 4. The van der Waals surface area contributed by atoms with Crippen molar-refractivity contribution in [3.63, 3.8) is 0 Å². The van der Waals surface area contributed by atoms with Gasteiger partial charge in [-0.25, -0.2) is 14.8 Å². The summed E-state index contributed by atoms with van der Waals surface area (Å²) in [6, 6.07) is 9.70. The number of thiophene rings is 1. The van der Waals surface area contributed by atoms with Gasteiger partial charge in [-0.1, -0.05) is 11.6 Å². The fourth-order valence-corrected chi connectivity index (χ4v) is 7.00. The molecule has 6 rings (SSSR count). The van der Waals surface area contributed by atoms with E-state index < -0.39 is 5.97 Å². The molecule has 0 bridgehead atoms. The molecular formula is C32H30ClN7O4S. The first-order chi connectivity index (χ1) is 21.5. The molecule has 5 heterocycles. The van der Waals surface area contributed by atoms with Crippen molar-refractivity contribution in [3.8, 4) is 22.9 Å². The van der Waals surface area contributed by atoms with Gasteiger partial charge < -0.3 is 19.6 Å². The third-order valence-electron chi connectivity index (χ3n) is 8.14. The Morgan fingerprint density at radius 1 is 1.20 bits per heavy atom. The lowest BCUT2D eigenvalue weighted by Gasteiger charge is -2.43. The minimum absolute atomic E-state index is 0.121. The molecule has 0 radical (unpaired) electrons. The highest BCUT2D eigenvalue weighted by Gasteiger charge is 2.32. The molecule has 0 unspecified atom stereocenters. The van der Waals surface area contributed by atoms with Crippen LogP contribution in [0.2, 0.25) is 5.02 Å². The first-order valence-electron chi connectivity index (χ1n) is 14.3. The standard InChI is InChI=1S/C32H30ClN7O4S/c1-16-10-22(29-28(36-16)26(32(42)43)17(2)45-29)21-11-19(33)6-7-25(21)44-9-8-40-18(3)37-24-13-35-30(23(12-34)27(24)31(40)41)39-14-20(15-39)38(4)5/h6-7,10-11,13,20H,8-9,14-15H2,1-5H3,(H,42,43). The van der Waals surface area contributed by atoms with Gasteiger partial charge >= 0.3 is 5.97 Å². The average molecular weight is 644 g/mol. The molecule has 1 N–H and O–H groups in total. The lowest BCUT2D eigenvalue weighted by Crippen LogP contribution is -2.58. The van der Waals surface area contributed by atoms with Gasteiger partial charge in [-0.05, 0) is 59.1 Å². The van der Waals surface area contributed by atoms with Gasteiger partial charge in [-0.3, -0.25) is 14.3 Å². The number of carbonyl (C=O) groups is 1. The number of nitrogens with zero attached hydrogens (tertiary/aromatic N) is 7. The summed E-state index contributed by atoms with van der Waals surface area (Å²) >= 11 is 7.78. The van der Waals surface area contributed by atoms with Gasteiger partial charge in [0.2, 0.25) is 0 Å². The summed E-state index contributed by atoms with van der Waals surface area (Å²) in [6.45, 7) is 7.05. The molecule has 0 atom stereocenters. The Bertz CT molecular complexity index is 2110. The summed E-state index contributed by atoms with van der Waals surface area (Å²) in [5, 5.41) is 20.7. The van der Waals surface area contributed by atoms with Gasteiger partial charge in [-0.2, -0.15) is 5.26 Å². The number of nitriles is 1. The van der Waals surface area contributed by atoms with Crippen LogP contribution < -0.4 is 15.2 Å². The molecule has 230 valence electrons. The molecule has 1 fully saturated rings. The number of hydrogen-bond acceptors (Lipinski definition) is 10. The van der Waals surface area contributed by atoms with E-state index in [1.165, 1.54) is 15.9 Å². The van der Waals surface area contributed by atoms with Crippen LogP contribution in [0.1, 0.15) is 32.3 Å². The topological polar surface area (TPSA) is 137 Å². The number of aryl methyl sites for hydroxylation is 3. The molecule has 13 heteroatoms. The van der Waals surface area contributed by atoms with Crippen LogP contribution in [0.5, 0.6) is 5.75 Å². The number of likely N-dealkylation sites (N-methyl/N-ethyl adjacent to an activating group) is 1. The number of aromatic carboxylic acids is 1. The minimum atomic E-state index is -1.03. The molecule has 11 nitrogen and oxygen atoms in total. The Morgan fingerprint density at radius 3 is 2.64 bits per heavy atom. The van der Waals surface area contributed by atoms with Crippen LogP contribution in [0.4, 0.5) is 5.82 Å². The Balaban J connectivity index is 1.33. The predicted octanol–water partition coefficient (Wildman–Crippen LogP) is 5.05. The van der Waals surface area contributed by atoms with Crippen molar-refractivity contribution in [1.29, 1.82) is 5.26 Å². The number of carboxylic acids is 1. The number of carboxylic acid groups (broad SMARTS) is 1. The summed E-state index contributed by atoms with van der Waals surface area (Å²) in [5.74, 6) is 0.462. The third kappa shape index (κ3) is 5.37. The third-order valence-corrected chi connectivity index (χ3v) is 9.50. The maximum Gasteiger partial charge on any atom is 0.339 e. The van der Waals surface area contributed by atoms with Crippen molar-refractivity contribution in [2.75, 3.05) is 38.7 Å². The number of rotatable bonds is 8. The Hall–Kier alpha value is -4.57. The van der Waals surface area contributed by atoms with Crippen molar-refractivity contribution in [2.24, 2.45) is 0 Å². The first kappa shape index (κ1) is 30.5. The first-order valence-corrected chi connectivity index (χ1v) is 15.5. The monoisotopic (exact) mass is 643 g/mol. The smallest absolute Gasteiger partial charge is 0.339 e. The lowest BCUT2D eigenvalue weighted by molar-refractivity contribution is 0.0698. The van der Waals surface area contributed by atoms with Crippen LogP contribution in [-0.2, 0) is 6.54 Å². The van der Waals surface area contributed by atoms with Crippen LogP contribution >= 0.6 is 22.9 Å². The van der Waals surface area contributed by atoms with E-state index in [1.54, 1.807) is 38.2 Å². The summed E-state index contributed by atoms with van der Waals surface area (Å²) in [5.41, 5.74) is 2.99. The van der Waals surface area contributed by atoms with Gasteiger partial charge in [0.05, 0.1) is 39.4 Å². The predicted molar refractivity (Wildman–Crippen MR) is 175 cm³/mol. The fourth-order valence-electron chi connectivity index (χ4n) is 5.72. The number of halogens is 1. The van der Waals surface area contributed by atoms with Crippen LogP contribution in [-0.4, -0.2) is 75.3 Å². The molecule has 1 aromatic carbocycles. The Kier molecular flexibility index (Phi) is 7.95. The lowest BCUT2D eigenvalue weighted by atomic mass is 10.0. The number of fused-ring (bicyclic) bond motifs is 2. The molecule has 1 aliphatic rings. The molecule has 5 aromatic rings. The van der Waals surface area contributed by atoms with Gasteiger partial charge in [0.1, 0.15) is 35.6 Å². The quantitative estimate of drug-likeness (QED) is 0.245. The highest BCUT2D eigenvalue weighted by molar-refractivity contribution is 7.20. The highest BCUT2D eigenvalue weighted by atomic mass is 35.5. The molecule has 1 aliphatic heterocycles. The molecule has 0 aliphatic carbocycles. The number of pyridine rings is 2. The van der Waals surface area contributed by atoms with E-state index in [0.717, 1.165) is 23.4 Å². The molecule has 0 saturated carbocycles. The second-order valence-corrected chi connectivity index (χ2v) is 12.9. The maximum atomic E-state index is 13.8. The van der Waals surface area contributed by atoms with E-state index in [4.69, 9.17) is 16.3 Å². The molecule has 1 saturated heterocycles. The number of ether oxygens (including phenoxy) is 1. The molecule has 45 heavy (non-hydrogen) atoms. The molecule has 0 amide bonds. The van der Waals surface area contributed by atoms with E-state index in [9.17, 15) is 20.0 Å². The Morgan fingerprint density at radius 2 is 1.96 bits per heavy atom. The van der Waals surface area contributed by atoms with E-state index in [2.05, 4.69) is 25.9 Å². The number of hydrogen-bond donors (Lipinski definition) is 1. The highest BCUT2D eigenvalue weighted by Crippen LogP contribution is 2.42. The average Bonchev–Trinajstić information content (AvgIpc) is 3.29. The minimum Gasteiger partial charge on any atom is -0.491 e. The summed E-state index contributed by atoms with van der Waals surface area (Å²) < 4.78 is 8.49. The zero-order valence-corrected chi connectivity index (χ0v) is 27.0. The summed E-state index contributed by atoms with van der Waals surface area (Å²) in [6.07, 6.45) is 1.56. The zero-order valence-electron chi connectivity index (χ0n) is 25.4. The van der Waals surface area contributed by atoms with Crippen molar-refractivity contribution in [1.82, 2.24) is 24.4 Å². The second-order valence-electron chi connectivity index (χ2n) is 11.3. The van der Waals surface area contributed by atoms with E-state index >= 15 is 0 Å². The summed E-state index contributed by atoms with van der Waals surface area (Å²) in [4.78, 5) is 44.2. The fraction of sp³-hybridized carbons (Fsp3) is 0.312. The summed E-state index contributed by atoms with van der Waals surface area (Å²) in [7, 11) is 4.02. The molecule has 0 spiro atoms. The largest absolute Gasteiger partial charge is 0.491 e. The van der Waals surface area contributed by atoms with Crippen LogP contribution in [0.25, 0.3) is 32.2 Å². The molecule has 4 aromatic heterocycles. The molecular weight excluding hydrogens is 614 g/mol. The zero-order chi connectivity index (χ0) is 32.2. The van der Waals surface area contributed by atoms with Crippen molar-refractivity contribution in [3.05, 3.63) is 73.4 Å². The maximum absolute atomic E-state index is 13.8. The second kappa shape index (κ2) is 11.7. The Labute approximate surface area is 267 Å². The SMILES string of the molecule is Cc1cc(-c2cc(Cl)ccc2OCCn2c(C)nc3cnc(N4CC(N(C)C)C4)c(C#N)c3c2=O)c2sc(C)c(C(=O)O)c2n1.